The summed E-state index contributed by atoms with van der Waals surface area (Å²) in [5, 5.41) is 18.0. The Balaban J connectivity index is 2.05. The van der Waals surface area contributed by atoms with Gasteiger partial charge in [0, 0.05) is 6.42 Å². The minimum absolute atomic E-state index is 0.277. The molecule has 0 atom stereocenters. The second-order valence-electron chi connectivity index (χ2n) is 4.29. The van der Waals surface area contributed by atoms with Crippen LogP contribution in [0.4, 0.5) is 0 Å². The van der Waals surface area contributed by atoms with Crippen LogP contribution >= 0.6 is 0 Å². The van der Waals surface area contributed by atoms with Crippen LogP contribution < -0.4 is 0 Å². The van der Waals surface area contributed by atoms with Gasteiger partial charge < -0.3 is 10.2 Å². The predicted molar refractivity (Wildman–Crippen MR) is 67.1 cm³/mol. The van der Waals surface area contributed by atoms with Crippen molar-refractivity contribution in [2.24, 2.45) is 0 Å². The van der Waals surface area contributed by atoms with E-state index < -0.39 is 5.97 Å². The number of rotatable bonds is 8. The van der Waals surface area contributed by atoms with Crippen LogP contribution in [0.1, 0.15) is 44.1 Å². The van der Waals surface area contributed by atoms with Gasteiger partial charge in [0.2, 0.25) is 0 Å². The van der Waals surface area contributed by atoms with Crippen molar-refractivity contribution in [3.05, 3.63) is 29.8 Å². The molecule has 1 aromatic rings. The van der Waals surface area contributed by atoms with Crippen LogP contribution in [0.5, 0.6) is 5.75 Å². The van der Waals surface area contributed by atoms with E-state index in [1.165, 1.54) is 0 Å². The van der Waals surface area contributed by atoms with Crippen molar-refractivity contribution in [1.29, 1.82) is 0 Å². The van der Waals surface area contributed by atoms with Crippen LogP contribution in [0.25, 0.3) is 0 Å². The van der Waals surface area contributed by atoms with E-state index in [2.05, 4.69) is 0 Å². The number of benzene rings is 1. The largest absolute Gasteiger partial charge is 0.508 e. The number of aromatic hydroxyl groups is 1. The average Bonchev–Trinajstić information content (AvgIpc) is 2.30. The minimum atomic E-state index is -0.709. The van der Waals surface area contributed by atoms with E-state index in [4.69, 9.17) is 5.11 Å². The number of para-hydroxylation sites is 1. The van der Waals surface area contributed by atoms with Gasteiger partial charge in [0.25, 0.3) is 0 Å². The fourth-order valence-corrected chi connectivity index (χ4v) is 1.84. The highest BCUT2D eigenvalue weighted by molar-refractivity contribution is 5.66. The smallest absolute Gasteiger partial charge is 0.303 e. The van der Waals surface area contributed by atoms with Crippen molar-refractivity contribution in [2.75, 3.05) is 0 Å². The monoisotopic (exact) mass is 236 g/mol. The molecule has 0 aliphatic carbocycles. The number of carboxylic acids is 1. The molecule has 0 saturated carbocycles. The third-order valence-corrected chi connectivity index (χ3v) is 2.83. The van der Waals surface area contributed by atoms with E-state index >= 15 is 0 Å². The molecule has 0 radical (unpaired) electrons. The quantitative estimate of drug-likeness (QED) is 0.680. The molecule has 1 aromatic carbocycles. The fraction of sp³-hybridized carbons (Fsp3) is 0.500. The minimum Gasteiger partial charge on any atom is -0.508 e. The molecule has 2 N–H and O–H groups in total. The van der Waals surface area contributed by atoms with E-state index in [9.17, 15) is 9.90 Å². The zero-order valence-electron chi connectivity index (χ0n) is 10.1. The fourth-order valence-electron chi connectivity index (χ4n) is 1.84. The maximum absolute atomic E-state index is 10.3. The number of phenolic OH excluding ortho intramolecular Hbond substituents is 1. The molecule has 0 amide bonds. The first-order chi connectivity index (χ1) is 8.20. The molecule has 1 rings (SSSR count). The van der Waals surface area contributed by atoms with E-state index in [1.807, 2.05) is 18.2 Å². The molecular weight excluding hydrogens is 216 g/mol. The molecule has 3 heteroatoms. The predicted octanol–water partition coefficient (Wildman–Crippen LogP) is 3.36. The lowest BCUT2D eigenvalue weighted by Gasteiger charge is -2.04. The lowest BCUT2D eigenvalue weighted by atomic mass is 10.0. The number of phenols is 1. The third kappa shape index (κ3) is 5.95. The number of unbranched alkanes of at least 4 members (excludes halogenated alkanes) is 4. The highest BCUT2D eigenvalue weighted by atomic mass is 16.4. The summed E-state index contributed by atoms with van der Waals surface area (Å²) in [6.45, 7) is 0. The van der Waals surface area contributed by atoms with E-state index in [1.54, 1.807) is 6.07 Å². The van der Waals surface area contributed by atoms with Gasteiger partial charge in [-0.3, -0.25) is 4.79 Å². The summed E-state index contributed by atoms with van der Waals surface area (Å²) >= 11 is 0. The topological polar surface area (TPSA) is 57.5 Å². The molecule has 0 bridgehead atoms. The summed E-state index contributed by atoms with van der Waals surface area (Å²) in [5.41, 5.74) is 0.998. The molecule has 0 saturated heterocycles. The summed E-state index contributed by atoms with van der Waals surface area (Å²) in [6.07, 6.45) is 6.13. The van der Waals surface area contributed by atoms with E-state index in [0.29, 0.717) is 5.75 Å². The van der Waals surface area contributed by atoms with Gasteiger partial charge in [-0.25, -0.2) is 0 Å². The molecule has 0 heterocycles. The maximum atomic E-state index is 10.3. The van der Waals surface area contributed by atoms with Crippen LogP contribution in [0.3, 0.4) is 0 Å². The molecule has 0 aromatic heterocycles. The Hall–Kier alpha value is -1.51. The molecule has 3 nitrogen and oxygen atoms in total. The number of carboxylic acid groups (broad SMARTS) is 1. The summed E-state index contributed by atoms with van der Waals surface area (Å²) in [7, 11) is 0. The summed E-state index contributed by atoms with van der Waals surface area (Å²) in [5.74, 6) is -0.336. The Morgan fingerprint density at radius 2 is 1.65 bits per heavy atom. The number of hydrogen-bond donors (Lipinski definition) is 2. The molecule has 0 fully saturated rings. The highest BCUT2D eigenvalue weighted by Gasteiger charge is 2.00. The van der Waals surface area contributed by atoms with Crippen LogP contribution in [0.15, 0.2) is 24.3 Å². The summed E-state index contributed by atoms with van der Waals surface area (Å²) in [6, 6.07) is 7.41. The first kappa shape index (κ1) is 13.6. The van der Waals surface area contributed by atoms with Gasteiger partial charge in [-0.15, -0.1) is 0 Å². The molecule has 17 heavy (non-hydrogen) atoms. The Bertz CT molecular complexity index is 347. The number of hydrogen-bond acceptors (Lipinski definition) is 2. The SMILES string of the molecule is O=C(O)CCCCCCCc1ccccc1O. The zero-order chi connectivity index (χ0) is 12.5. The van der Waals surface area contributed by atoms with Gasteiger partial charge >= 0.3 is 5.97 Å². The summed E-state index contributed by atoms with van der Waals surface area (Å²) < 4.78 is 0. The Morgan fingerprint density at radius 1 is 1.00 bits per heavy atom. The van der Waals surface area contributed by atoms with Gasteiger partial charge in [-0.2, -0.15) is 0 Å². The summed E-state index contributed by atoms with van der Waals surface area (Å²) in [4.78, 5) is 10.3. The van der Waals surface area contributed by atoms with Crippen molar-refractivity contribution < 1.29 is 15.0 Å². The average molecular weight is 236 g/mol. The molecular formula is C14H20O3. The Kier molecular flexibility index (Phi) is 6.15. The van der Waals surface area contributed by atoms with Crippen molar-refractivity contribution in [2.45, 2.75) is 44.9 Å². The molecule has 0 aliphatic rings. The molecule has 0 spiro atoms. The molecule has 0 aliphatic heterocycles. The lowest BCUT2D eigenvalue weighted by Crippen LogP contribution is -1.93. The van der Waals surface area contributed by atoms with Crippen molar-refractivity contribution in [3.8, 4) is 5.75 Å². The van der Waals surface area contributed by atoms with Gasteiger partial charge in [-0.05, 0) is 30.9 Å². The Labute approximate surface area is 102 Å². The molecule has 0 unspecified atom stereocenters. The lowest BCUT2D eigenvalue weighted by molar-refractivity contribution is -0.137. The maximum Gasteiger partial charge on any atom is 0.303 e. The standard InChI is InChI=1S/C14H20O3/c15-13-10-7-6-9-12(13)8-4-2-1-3-5-11-14(16)17/h6-7,9-10,15H,1-5,8,11H2,(H,16,17). The van der Waals surface area contributed by atoms with Gasteiger partial charge in [0.05, 0.1) is 0 Å². The third-order valence-electron chi connectivity index (χ3n) is 2.83. The second kappa shape index (κ2) is 7.71. The first-order valence-corrected chi connectivity index (χ1v) is 6.19. The molecule has 94 valence electrons. The zero-order valence-corrected chi connectivity index (χ0v) is 10.1. The Morgan fingerprint density at radius 3 is 2.35 bits per heavy atom. The van der Waals surface area contributed by atoms with Crippen molar-refractivity contribution in [1.82, 2.24) is 0 Å². The van der Waals surface area contributed by atoms with Crippen LogP contribution in [0, 0.1) is 0 Å². The van der Waals surface area contributed by atoms with Crippen molar-refractivity contribution in [3.63, 3.8) is 0 Å². The van der Waals surface area contributed by atoms with Crippen LogP contribution in [-0.2, 0) is 11.2 Å². The van der Waals surface area contributed by atoms with E-state index in [-0.39, 0.29) is 6.42 Å². The van der Waals surface area contributed by atoms with E-state index in [0.717, 1.165) is 44.1 Å². The number of aryl methyl sites for hydroxylation is 1. The van der Waals surface area contributed by atoms with Crippen LogP contribution in [-0.4, -0.2) is 16.2 Å². The normalized spacial score (nSPS) is 10.4. The van der Waals surface area contributed by atoms with Gasteiger partial charge in [0.1, 0.15) is 5.75 Å². The van der Waals surface area contributed by atoms with Crippen LogP contribution in [0.2, 0.25) is 0 Å². The van der Waals surface area contributed by atoms with Gasteiger partial charge in [-0.1, -0.05) is 37.5 Å². The number of aliphatic carboxylic acids is 1. The second-order valence-corrected chi connectivity index (χ2v) is 4.29. The highest BCUT2D eigenvalue weighted by Crippen LogP contribution is 2.18. The first-order valence-electron chi connectivity index (χ1n) is 6.19. The number of carbonyl (C=O) groups is 1. The van der Waals surface area contributed by atoms with Crippen molar-refractivity contribution >= 4 is 5.97 Å². The van der Waals surface area contributed by atoms with Gasteiger partial charge in [0.15, 0.2) is 0 Å².